The SMILES string of the molecule is CCOc1ccc(N2CC=C[C@@]3(CC)O[C@]45C=CCN(Cc6ccccc6)C(=O)C4N([C@H](C)CO)C(=O)[C@@H]5[C@H]3C2=O)cc1. The zero-order valence-electron chi connectivity index (χ0n) is 24.9. The number of likely N-dealkylation sites (tertiary alicyclic amines) is 1. The Hall–Kier alpha value is -3.95. The molecule has 0 saturated carbocycles. The molecule has 0 radical (unpaired) electrons. The van der Waals surface area contributed by atoms with Crippen LogP contribution in [0.15, 0.2) is 78.9 Å². The van der Waals surface area contributed by atoms with Crippen molar-refractivity contribution in [3.8, 4) is 5.75 Å². The summed E-state index contributed by atoms with van der Waals surface area (Å²) in [6.45, 7) is 6.83. The van der Waals surface area contributed by atoms with Gasteiger partial charge in [0.05, 0.1) is 36.7 Å². The van der Waals surface area contributed by atoms with E-state index in [1.54, 1.807) is 16.7 Å². The van der Waals surface area contributed by atoms with Crippen LogP contribution in [0.5, 0.6) is 5.75 Å². The maximum atomic E-state index is 14.6. The summed E-state index contributed by atoms with van der Waals surface area (Å²) in [6.07, 6.45) is 8.03. The second kappa shape index (κ2) is 11.3. The van der Waals surface area contributed by atoms with Gasteiger partial charge in [0, 0.05) is 25.3 Å². The molecule has 0 aromatic heterocycles. The first-order valence-corrected chi connectivity index (χ1v) is 15.2. The van der Waals surface area contributed by atoms with E-state index in [-0.39, 0.29) is 24.3 Å². The second-order valence-corrected chi connectivity index (χ2v) is 11.8. The highest BCUT2D eigenvalue weighted by Gasteiger charge is 2.75. The highest BCUT2D eigenvalue weighted by molar-refractivity contribution is 6.04. The first-order valence-electron chi connectivity index (χ1n) is 15.2. The number of nitrogens with zero attached hydrogens (tertiary/aromatic N) is 3. The minimum Gasteiger partial charge on any atom is -0.494 e. The number of ether oxygens (including phenoxy) is 2. The van der Waals surface area contributed by atoms with Gasteiger partial charge in [0.2, 0.25) is 17.7 Å². The first kappa shape index (κ1) is 29.1. The number of aliphatic hydroxyl groups excluding tert-OH is 1. The summed E-state index contributed by atoms with van der Waals surface area (Å²) in [5, 5.41) is 10.2. The minimum atomic E-state index is -1.37. The van der Waals surface area contributed by atoms with Crippen LogP contribution in [-0.4, -0.2) is 82.2 Å². The van der Waals surface area contributed by atoms with E-state index >= 15 is 0 Å². The van der Waals surface area contributed by atoms with Gasteiger partial charge in [-0.05, 0) is 50.1 Å². The predicted molar refractivity (Wildman–Crippen MR) is 161 cm³/mol. The van der Waals surface area contributed by atoms with Crippen molar-refractivity contribution < 1.29 is 29.0 Å². The summed E-state index contributed by atoms with van der Waals surface area (Å²) in [5.41, 5.74) is -0.792. The summed E-state index contributed by atoms with van der Waals surface area (Å²) in [6, 6.07) is 15.4. The topological polar surface area (TPSA) is 99.6 Å². The van der Waals surface area contributed by atoms with Crippen LogP contribution in [0.2, 0.25) is 0 Å². The van der Waals surface area contributed by atoms with Crippen molar-refractivity contribution in [2.24, 2.45) is 11.8 Å². The number of anilines is 1. The van der Waals surface area contributed by atoms with Crippen LogP contribution in [0.25, 0.3) is 0 Å². The van der Waals surface area contributed by atoms with Crippen molar-refractivity contribution in [3.63, 3.8) is 0 Å². The van der Waals surface area contributed by atoms with Crippen LogP contribution in [0.3, 0.4) is 0 Å². The Morgan fingerprint density at radius 1 is 0.930 bits per heavy atom. The van der Waals surface area contributed by atoms with Gasteiger partial charge in [-0.3, -0.25) is 14.4 Å². The summed E-state index contributed by atoms with van der Waals surface area (Å²) in [4.78, 5) is 48.5. The molecule has 2 aromatic rings. The molecule has 226 valence electrons. The van der Waals surface area contributed by atoms with Crippen LogP contribution < -0.4 is 9.64 Å². The van der Waals surface area contributed by atoms with E-state index in [4.69, 9.17) is 9.47 Å². The number of carbonyl (C=O) groups is 3. The molecule has 4 aliphatic heterocycles. The number of hydrogen-bond donors (Lipinski definition) is 1. The van der Waals surface area contributed by atoms with E-state index < -0.39 is 35.1 Å². The van der Waals surface area contributed by atoms with Gasteiger partial charge in [0.15, 0.2) is 0 Å². The molecule has 2 aromatic carbocycles. The lowest BCUT2D eigenvalue weighted by Crippen LogP contribution is -2.58. The molecule has 6 atom stereocenters. The lowest BCUT2D eigenvalue weighted by molar-refractivity contribution is -0.155. The van der Waals surface area contributed by atoms with Gasteiger partial charge in [-0.15, -0.1) is 0 Å². The average Bonchev–Trinajstić information content (AvgIpc) is 3.33. The van der Waals surface area contributed by atoms with Crippen molar-refractivity contribution >= 4 is 23.4 Å². The fourth-order valence-corrected chi connectivity index (χ4v) is 7.38. The van der Waals surface area contributed by atoms with Crippen molar-refractivity contribution in [3.05, 3.63) is 84.5 Å². The van der Waals surface area contributed by atoms with E-state index in [1.165, 1.54) is 4.90 Å². The third-order valence-corrected chi connectivity index (χ3v) is 9.38. The Bertz CT molecular complexity index is 1440. The largest absolute Gasteiger partial charge is 0.494 e. The van der Waals surface area contributed by atoms with Gasteiger partial charge in [-0.2, -0.15) is 0 Å². The summed E-state index contributed by atoms with van der Waals surface area (Å²) < 4.78 is 12.6. The van der Waals surface area contributed by atoms with E-state index in [0.29, 0.717) is 44.1 Å². The highest BCUT2D eigenvalue weighted by atomic mass is 16.5. The maximum absolute atomic E-state index is 14.6. The summed E-state index contributed by atoms with van der Waals surface area (Å²) in [5.74, 6) is -1.93. The molecule has 0 aliphatic carbocycles. The van der Waals surface area contributed by atoms with E-state index in [1.807, 2.05) is 92.7 Å². The summed E-state index contributed by atoms with van der Waals surface area (Å²) >= 11 is 0. The Kier molecular flexibility index (Phi) is 7.64. The Morgan fingerprint density at radius 2 is 1.65 bits per heavy atom. The number of amides is 3. The van der Waals surface area contributed by atoms with Crippen LogP contribution in [0, 0.1) is 11.8 Å². The quantitative estimate of drug-likeness (QED) is 0.478. The Balaban J connectivity index is 1.43. The molecule has 3 amide bonds. The molecule has 0 bridgehead atoms. The molecule has 2 saturated heterocycles. The number of fused-ring (bicyclic) bond motifs is 2. The zero-order chi connectivity index (χ0) is 30.4. The number of carbonyl (C=O) groups excluding carboxylic acids is 3. The van der Waals surface area contributed by atoms with E-state index in [9.17, 15) is 19.5 Å². The second-order valence-electron chi connectivity index (χ2n) is 11.8. The highest BCUT2D eigenvalue weighted by Crippen LogP contribution is 2.59. The predicted octanol–water partition coefficient (Wildman–Crippen LogP) is 3.33. The van der Waals surface area contributed by atoms with Crippen molar-refractivity contribution in [2.75, 3.05) is 31.2 Å². The molecule has 43 heavy (non-hydrogen) atoms. The fraction of sp³-hybridized carbons (Fsp3) is 0.441. The Labute approximate surface area is 252 Å². The molecular formula is C34H39N3O6. The third-order valence-electron chi connectivity index (χ3n) is 9.38. The Morgan fingerprint density at radius 3 is 2.33 bits per heavy atom. The zero-order valence-corrected chi connectivity index (χ0v) is 24.9. The van der Waals surface area contributed by atoms with Gasteiger partial charge in [-0.1, -0.05) is 61.6 Å². The smallest absolute Gasteiger partial charge is 0.249 e. The van der Waals surface area contributed by atoms with Crippen molar-refractivity contribution in [1.82, 2.24) is 9.80 Å². The molecule has 2 fully saturated rings. The standard InChI is InChI=1S/C34H39N3O6/c1-4-33-17-9-20-36(25-13-15-26(16-14-25)42-5-2)30(39)27(33)28-31(40)37(23(3)22-38)29-32(41)35(19-10-18-34(28,29)43-33)21-24-11-7-6-8-12-24/h6-18,23,27-29,38H,4-5,19-22H2,1-3H3/t23-,27+,28+,29?,33-,34+/m1/s1. The average molecular weight is 586 g/mol. The number of rotatable bonds is 8. The fourth-order valence-electron chi connectivity index (χ4n) is 7.38. The number of aliphatic hydroxyl groups is 1. The molecule has 4 heterocycles. The first-order chi connectivity index (χ1) is 20.8. The molecule has 9 heteroatoms. The number of benzene rings is 2. The molecule has 1 N–H and O–H groups in total. The van der Waals surface area contributed by atoms with Crippen LogP contribution in [0.4, 0.5) is 5.69 Å². The van der Waals surface area contributed by atoms with E-state index in [0.717, 1.165) is 5.56 Å². The number of hydrogen-bond acceptors (Lipinski definition) is 6. The third kappa shape index (κ3) is 4.57. The van der Waals surface area contributed by atoms with Gasteiger partial charge in [0.25, 0.3) is 0 Å². The minimum absolute atomic E-state index is 0.227. The molecule has 4 aliphatic rings. The van der Waals surface area contributed by atoms with Gasteiger partial charge in [-0.25, -0.2) is 0 Å². The lowest BCUT2D eigenvalue weighted by Gasteiger charge is -2.40. The maximum Gasteiger partial charge on any atom is 0.249 e. The van der Waals surface area contributed by atoms with Gasteiger partial charge < -0.3 is 29.3 Å². The van der Waals surface area contributed by atoms with Crippen LogP contribution >= 0.6 is 0 Å². The summed E-state index contributed by atoms with van der Waals surface area (Å²) in [7, 11) is 0. The van der Waals surface area contributed by atoms with Gasteiger partial charge >= 0.3 is 0 Å². The van der Waals surface area contributed by atoms with Crippen molar-refractivity contribution in [2.45, 2.75) is 57.0 Å². The lowest BCUT2D eigenvalue weighted by atomic mass is 9.73. The molecule has 6 rings (SSSR count). The van der Waals surface area contributed by atoms with E-state index in [2.05, 4.69) is 0 Å². The van der Waals surface area contributed by atoms with Gasteiger partial charge in [0.1, 0.15) is 17.4 Å². The monoisotopic (exact) mass is 585 g/mol. The molecular weight excluding hydrogens is 546 g/mol. The molecule has 9 nitrogen and oxygen atoms in total. The van der Waals surface area contributed by atoms with Crippen LogP contribution in [0.1, 0.15) is 32.8 Å². The normalized spacial score (nSPS) is 30.6. The van der Waals surface area contributed by atoms with Crippen molar-refractivity contribution in [1.29, 1.82) is 0 Å². The van der Waals surface area contributed by atoms with Crippen LogP contribution in [-0.2, 0) is 25.7 Å². The molecule has 1 unspecified atom stereocenters. The molecule has 1 spiro atoms.